The molecule has 0 aliphatic carbocycles. The second kappa shape index (κ2) is 8.09. The zero-order valence-corrected chi connectivity index (χ0v) is 13.3. The number of nitrogens with zero attached hydrogens (tertiary/aromatic N) is 4. The molecule has 1 atom stereocenters. The van der Waals surface area contributed by atoms with Crippen LogP contribution in [-0.2, 0) is 6.54 Å². The fourth-order valence-corrected chi connectivity index (χ4v) is 2.49. The van der Waals surface area contributed by atoms with Gasteiger partial charge in [0.05, 0.1) is 6.10 Å². The van der Waals surface area contributed by atoms with E-state index >= 15 is 0 Å². The van der Waals surface area contributed by atoms with Crippen molar-refractivity contribution in [2.24, 2.45) is 5.92 Å². The third-order valence-electron chi connectivity index (χ3n) is 2.70. The van der Waals surface area contributed by atoms with Crippen LogP contribution < -0.4 is 4.74 Å². The highest BCUT2D eigenvalue weighted by Crippen LogP contribution is 2.17. The molecule has 0 aliphatic rings. The zero-order valence-electron chi connectivity index (χ0n) is 12.5. The van der Waals surface area contributed by atoms with E-state index in [0.29, 0.717) is 22.6 Å². The summed E-state index contributed by atoms with van der Waals surface area (Å²) in [5.41, 5.74) is 0. The Balaban J connectivity index is 1.77. The van der Waals surface area contributed by atoms with Gasteiger partial charge in [-0.1, -0.05) is 25.6 Å². The number of aliphatic hydroxyl groups is 1. The zero-order chi connectivity index (χ0) is 15.9. The minimum atomic E-state index is -0.667. The first-order valence-electron chi connectivity index (χ1n) is 7.00. The van der Waals surface area contributed by atoms with Crippen LogP contribution >= 0.6 is 11.8 Å². The van der Waals surface area contributed by atoms with Gasteiger partial charge in [-0.25, -0.2) is 9.07 Å². The summed E-state index contributed by atoms with van der Waals surface area (Å²) in [5.74, 6) is 1.06. The second-order valence-corrected chi connectivity index (χ2v) is 6.25. The number of rotatable bonds is 8. The number of tetrazole rings is 1. The van der Waals surface area contributed by atoms with Crippen LogP contribution in [0.15, 0.2) is 29.4 Å². The van der Waals surface area contributed by atoms with E-state index in [4.69, 9.17) is 4.74 Å². The van der Waals surface area contributed by atoms with E-state index in [1.807, 2.05) is 0 Å². The van der Waals surface area contributed by atoms with Gasteiger partial charge in [-0.3, -0.25) is 0 Å². The fourth-order valence-electron chi connectivity index (χ4n) is 1.70. The number of thioether (sulfide) groups is 1. The van der Waals surface area contributed by atoms with E-state index < -0.39 is 6.10 Å². The molecule has 0 fully saturated rings. The van der Waals surface area contributed by atoms with Crippen LogP contribution in [0.25, 0.3) is 0 Å². The number of benzene rings is 1. The lowest BCUT2D eigenvalue weighted by molar-refractivity contribution is 0.126. The molecule has 1 heterocycles. The lowest BCUT2D eigenvalue weighted by Gasteiger charge is -2.12. The molecule has 1 unspecified atom stereocenters. The molecule has 1 aromatic carbocycles. The Bertz CT molecular complexity index is 576. The number of hydrogen-bond acceptors (Lipinski definition) is 6. The summed E-state index contributed by atoms with van der Waals surface area (Å²) in [7, 11) is 0. The molecule has 1 aromatic heterocycles. The van der Waals surface area contributed by atoms with Crippen LogP contribution in [0.3, 0.4) is 0 Å². The molecule has 2 rings (SSSR count). The molecular formula is C14H19FN4O2S. The topological polar surface area (TPSA) is 73.1 Å². The van der Waals surface area contributed by atoms with Gasteiger partial charge in [0.25, 0.3) is 0 Å². The van der Waals surface area contributed by atoms with Gasteiger partial charge in [-0.15, -0.1) is 5.10 Å². The van der Waals surface area contributed by atoms with Crippen molar-refractivity contribution in [2.75, 3.05) is 12.4 Å². The molecular weight excluding hydrogens is 307 g/mol. The van der Waals surface area contributed by atoms with Gasteiger partial charge in [0.2, 0.25) is 5.16 Å². The quantitative estimate of drug-likeness (QED) is 0.748. The summed E-state index contributed by atoms with van der Waals surface area (Å²) in [4.78, 5) is 0. The minimum Gasteiger partial charge on any atom is -0.491 e. The van der Waals surface area contributed by atoms with E-state index in [9.17, 15) is 9.50 Å². The van der Waals surface area contributed by atoms with E-state index in [2.05, 4.69) is 29.4 Å². The van der Waals surface area contributed by atoms with Crippen molar-refractivity contribution in [3.63, 3.8) is 0 Å². The molecule has 0 aliphatic heterocycles. The molecule has 1 N–H and O–H groups in total. The van der Waals surface area contributed by atoms with E-state index in [-0.39, 0.29) is 12.4 Å². The van der Waals surface area contributed by atoms with Crippen LogP contribution in [0.5, 0.6) is 5.75 Å². The smallest absolute Gasteiger partial charge is 0.209 e. The van der Waals surface area contributed by atoms with Crippen molar-refractivity contribution in [2.45, 2.75) is 31.7 Å². The summed E-state index contributed by atoms with van der Waals surface area (Å²) in [5, 5.41) is 22.1. The van der Waals surface area contributed by atoms with Gasteiger partial charge < -0.3 is 9.84 Å². The summed E-state index contributed by atoms with van der Waals surface area (Å²) in [6.07, 6.45) is -0.667. The van der Waals surface area contributed by atoms with Gasteiger partial charge in [-0.2, -0.15) is 0 Å². The highest BCUT2D eigenvalue weighted by atomic mass is 32.2. The van der Waals surface area contributed by atoms with Crippen molar-refractivity contribution in [3.8, 4) is 5.75 Å². The maximum atomic E-state index is 12.8. The molecule has 2 aromatic rings. The summed E-state index contributed by atoms with van der Waals surface area (Å²) >= 11 is 1.38. The number of ether oxygens (including phenoxy) is 1. The lowest BCUT2D eigenvalue weighted by atomic mass is 10.2. The van der Waals surface area contributed by atoms with Crippen LogP contribution in [0.2, 0.25) is 0 Å². The maximum Gasteiger partial charge on any atom is 0.209 e. The average molecular weight is 326 g/mol. The predicted octanol–water partition coefficient (Wildman–Crippen LogP) is 2.00. The van der Waals surface area contributed by atoms with Crippen molar-refractivity contribution in [1.82, 2.24) is 20.2 Å². The molecule has 0 amide bonds. The Kier molecular flexibility index (Phi) is 6.14. The second-order valence-electron chi connectivity index (χ2n) is 5.27. The third-order valence-corrected chi connectivity index (χ3v) is 3.80. The summed E-state index contributed by atoms with van der Waals surface area (Å²) in [6, 6.07) is 5.68. The van der Waals surface area contributed by atoms with Gasteiger partial charge in [0.15, 0.2) is 0 Å². The SMILES string of the molecule is CC(C)Cn1nnnc1SCC(O)COc1ccc(F)cc1. The number of aliphatic hydroxyl groups excluding tert-OH is 1. The van der Waals surface area contributed by atoms with E-state index in [0.717, 1.165) is 6.54 Å². The van der Waals surface area contributed by atoms with E-state index in [1.54, 1.807) is 4.68 Å². The maximum absolute atomic E-state index is 12.8. The molecule has 0 spiro atoms. The molecule has 0 saturated carbocycles. The van der Waals surface area contributed by atoms with Gasteiger partial charge in [-0.05, 0) is 40.6 Å². The van der Waals surface area contributed by atoms with Gasteiger partial charge >= 0.3 is 0 Å². The lowest BCUT2D eigenvalue weighted by Crippen LogP contribution is -2.20. The average Bonchev–Trinajstić information content (AvgIpc) is 2.91. The molecule has 0 radical (unpaired) electrons. The molecule has 0 saturated heterocycles. The largest absolute Gasteiger partial charge is 0.491 e. The Morgan fingerprint density at radius 1 is 1.32 bits per heavy atom. The van der Waals surface area contributed by atoms with Crippen LogP contribution in [0, 0.1) is 11.7 Å². The Hall–Kier alpha value is -1.67. The predicted molar refractivity (Wildman–Crippen MR) is 81.3 cm³/mol. The van der Waals surface area contributed by atoms with E-state index in [1.165, 1.54) is 36.0 Å². The van der Waals surface area contributed by atoms with Crippen molar-refractivity contribution in [3.05, 3.63) is 30.1 Å². The first-order valence-corrected chi connectivity index (χ1v) is 7.98. The van der Waals surface area contributed by atoms with Gasteiger partial charge in [0.1, 0.15) is 18.2 Å². The molecule has 0 bridgehead atoms. The van der Waals surface area contributed by atoms with Gasteiger partial charge in [0, 0.05) is 12.3 Å². The number of hydrogen-bond donors (Lipinski definition) is 1. The molecule has 120 valence electrons. The fraction of sp³-hybridized carbons (Fsp3) is 0.500. The van der Waals surface area contributed by atoms with Crippen LogP contribution in [0.1, 0.15) is 13.8 Å². The van der Waals surface area contributed by atoms with Crippen molar-refractivity contribution in [1.29, 1.82) is 0 Å². The van der Waals surface area contributed by atoms with Crippen LogP contribution in [-0.4, -0.2) is 43.8 Å². The van der Waals surface area contributed by atoms with Crippen LogP contribution in [0.4, 0.5) is 4.39 Å². The normalized spacial score (nSPS) is 12.6. The van der Waals surface area contributed by atoms with Crippen molar-refractivity contribution < 1.29 is 14.2 Å². The minimum absolute atomic E-state index is 0.129. The first-order chi connectivity index (χ1) is 10.5. The Morgan fingerprint density at radius 2 is 2.05 bits per heavy atom. The third kappa shape index (κ3) is 5.27. The molecule has 22 heavy (non-hydrogen) atoms. The molecule has 6 nitrogen and oxygen atoms in total. The number of aromatic nitrogens is 4. The molecule has 8 heteroatoms. The summed E-state index contributed by atoms with van der Waals surface area (Å²) < 4.78 is 19.9. The summed E-state index contributed by atoms with van der Waals surface area (Å²) in [6.45, 7) is 5.03. The highest BCUT2D eigenvalue weighted by Gasteiger charge is 2.12. The Morgan fingerprint density at radius 3 is 2.73 bits per heavy atom. The monoisotopic (exact) mass is 326 g/mol. The van der Waals surface area contributed by atoms with Crippen molar-refractivity contribution >= 4 is 11.8 Å². The Labute approximate surface area is 132 Å². The highest BCUT2D eigenvalue weighted by molar-refractivity contribution is 7.99. The number of halogens is 1. The first kappa shape index (κ1) is 16.7. The standard InChI is InChI=1S/C14H19FN4O2S/c1-10(2)7-19-14(16-17-18-19)22-9-12(20)8-21-13-5-3-11(15)4-6-13/h3-6,10,12,20H,7-9H2,1-2H3.